The van der Waals surface area contributed by atoms with E-state index in [1.165, 1.54) is 18.4 Å². The molecule has 39 heavy (non-hydrogen) atoms. The lowest BCUT2D eigenvalue weighted by Crippen LogP contribution is -2.18. The van der Waals surface area contributed by atoms with Crippen LogP contribution in [0.1, 0.15) is 51.9 Å². The summed E-state index contributed by atoms with van der Waals surface area (Å²) in [6, 6.07) is 18.0. The van der Waals surface area contributed by atoms with Crippen molar-refractivity contribution in [1.29, 1.82) is 0 Å². The Morgan fingerprint density at radius 2 is 1.51 bits per heavy atom. The van der Waals surface area contributed by atoms with Crippen molar-refractivity contribution in [3.8, 4) is 5.75 Å². The maximum Gasteiger partial charge on any atom is 0.265 e. The van der Waals surface area contributed by atoms with Gasteiger partial charge in [-0.1, -0.05) is 44.5 Å². The average Bonchev–Trinajstić information content (AvgIpc) is 3.28. The number of thiophene rings is 1. The normalized spacial score (nSPS) is 11.7. The van der Waals surface area contributed by atoms with Crippen molar-refractivity contribution in [2.24, 2.45) is 0 Å². The third-order valence-corrected chi connectivity index (χ3v) is 7.74. The lowest BCUT2D eigenvalue weighted by atomic mass is 9.86. The van der Waals surface area contributed by atoms with Gasteiger partial charge in [0.2, 0.25) is 10.0 Å². The molecule has 1 aromatic heterocycles. The number of hydrogen-bond donors (Lipinski definition) is 3. The molecule has 0 spiro atoms. The summed E-state index contributed by atoms with van der Waals surface area (Å²) in [5, 5.41) is 6.58. The SMILES string of the molecule is COc1c(NC(=O)c2cc3c(NC(=O)c4ccc(C)cc4)cccc3s2)cc(C(C)(C)C)cc1NS(C)(=O)=O. The summed E-state index contributed by atoms with van der Waals surface area (Å²) in [6.07, 6.45) is 1.06. The van der Waals surface area contributed by atoms with Gasteiger partial charge < -0.3 is 15.4 Å². The van der Waals surface area contributed by atoms with Crippen LogP contribution >= 0.6 is 11.3 Å². The molecule has 0 atom stereocenters. The minimum absolute atomic E-state index is 0.203. The Bertz CT molecular complexity index is 1670. The third-order valence-electron chi connectivity index (χ3n) is 6.05. The van der Waals surface area contributed by atoms with Crippen LogP contribution in [0.2, 0.25) is 0 Å². The molecule has 0 radical (unpaired) electrons. The van der Waals surface area contributed by atoms with E-state index in [4.69, 9.17) is 4.74 Å². The zero-order valence-corrected chi connectivity index (χ0v) is 24.3. The van der Waals surface area contributed by atoms with Crippen LogP contribution in [0.4, 0.5) is 17.1 Å². The van der Waals surface area contributed by atoms with Gasteiger partial charge in [-0.3, -0.25) is 14.3 Å². The average molecular weight is 566 g/mol. The number of carbonyl (C=O) groups excluding carboxylic acids is 2. The van der Waals surface area contributed by atoms with Gasteiger partial charge >= 0.3 is 0 Å². The van der Waals surface area contributed by atoms with Crippen LogP contribution in [0.25, 0.3) is 10.1 Å². The fourth-order valence-electron chi connectivity index (χ4n) is 4.02. The minimum Gasteiger partial charge on any atom is -0.492 e. The summed E-state index contributed by atoms with van der Waals surface area (Å²) in [5.41, 5.74) is 3.25. The Labute approximate surface area is 232 Å². The maximum atomic E-state index is 13.4. The maximum absolute atomic E-state index is 13.4. The van der Waals surface area contributed by atoms with Crippen molar-refractivity contribution in [3.05, 3.63) is 82.2 Å². The highest BCUT2D eigenvalue weighted by Gasteiger charge is 2.23. The molecule has 0 aliphatic rings. The van der Waals surface area contributed by atoms with Crippen LogP contribution in [-0.2, 0) is 15.4 Å². The number of sulfonamides is 1. The predicted octanol–water partition coefficient (Wildman–Crippen LogP) is 6.39. The van der Waals surface area contributed by atoms with Gasteiger partial charge in [-0.25, -0.2) is 8.42 Å². The van der Waals surface area contributed by atoms with E-state index in [0.717, 1.165) is 27.5 Å². The molecule has 0 fully saturated rings. The lowest BCUT2D eigenvalue weighted by molar-refractivity contribution is 0.102. The first-order valence-electron chi connectivity index (χ1n) is 12.2. The van der Waals surface area contributed by atoms with Crippen LogP contribution in [0.3, 0.4) is 0 Å². The number of methoxy groups -OCH3 is 1. The van der Waals surface area contributed by atoms with Crippen LogP contribution in [0.15, 0.2) is 60.7 Å². The molecule has 2 amide bonds. The third kappa shape index (κ3) is 6.58. The van der Waals surface area contributed by atoms with Gasteiger partial charge in [0.05, 0.1) is 29.6 Å². The number of rotatable bonds is 7. The second kappa shape index (κ2) is 10.7. The Hall–Kier alpha value is -3.89. The fourth-order valence-corrected chi connectivity index (χ4v) is 5.55. The number of ether oxygens (including phenoxy) is 1. The van der Waals surface area contributed by atoms with E-state index < -0.39 is 10.0 Å². The van der Waals surface area contributed by atoms with Gasteiger partial charge in [0.1, 0.15) is 0 Å². The van der Waals surface area contributed by atoms with Gasteiger partial charge in [-0.2, -0.15) is 0 Å². The molecule has 0 aliphatic carbocycles. The Morgan fingerprint density at radius 1 is 0.872 bits per heavy atom. The molecule has 4 aromatic rings. The van der Waals surface area contributed by atoms with Crippen LogP contribution in [-0.4, -0.2) is 33.6 Å². The number of aryl methyl sites for hydroxylation is 1. The minimum atomic E-state index is -3.60. The molecule has 0 saturated heterocycles. The standard InChI is InChI=1S/C29H31N3O5S2/c1-17-10-12-18(13-11-17)27(33)30-21-8-7-9-24-20(21)16-25(38-24)28(34)31-22-14-19(29(2,3)4)15-23(26(22)37-5)32-39(6,35)36/h7-16,32H,1-6H3,(H,30,33)(H,31,34). The zero-order chi connectivity index (χ0) is 28.5. The number of nitrogens with one attached hydrogen (secondary N) is 3. The number of hydrogen-bond acceptors (Lipinski definition) is 6. The molecule has 10 heteroatoms. The van der Waals surface area contributed by atoms with E-state index >= 15 is 0 Å². The summed E-state index contributed by atoms with van der Waals surface area (Å²) < 4.78 is 32.9. The summed E-state index contributed by atoms with van der Waals surface area (Å²) in [6.45, 7) is 7.92. The Kier molecular flexibility index (Phi) is 7.72. The highest BCUT2D eigenvalue weighted by molar-refractivity contribution is 7.92. The topological polar surface area (TPSA) is 114 Å². The molecule has 0 saturated carbocycles. The van der Waals surface area contributed by atoms with Crippen molar-refractivity contribution < 1.29 is 22.7 Å². The van der Waals surface area contributed by atoms with Crippen molar-refractivity contribution in [2.75, 3.05) is 28.7 Å². The number of amides is 2. The van der Waals surface area contributed by atoms with Crippen LogP contribution in [0, 0.1) is 6.92 Å². The number of carbonyl (C=O) groups is 2. The molecular formula is C29H31N3O5S2. The molecule has 3 aromatic carbocycles. The van der Waals surface area contributed by atoms with Gasteiger partial charge in [0.15, 0.2) is 5.75 Å². The van der Waals surface area contributed by atoms with Crippen LogP contribution < -0.4 is 20.1 Å². The Morgan fingerprint density at radius 3 is 2.13 bits per heavy atom. The lowest BCUT2D eigenvalue weighted by Gasteiger charge is -2.23. The zero-order valence-electron chi connectivity index (χ0n) is 22.6. The first kappa shape index (κ1) is 28.1. The fraction of sp³-hybridized carbons (Fsp3) is 0.241. The van der Waals surface area contributed by atoms with Crippen molar-refractivity contribution in [1.82, 2.24) is 0 Å². The number of fused-ring (bicyclic) bond motifs is 1. The van der Waals surface area contributed by atoms with Gasteiger partial charge in [-0.05, 0) is 60.4 Å². The second-order valence-electron chi connectivity index (χ2n) is 10.3. The summed E-state index contributed by atoms with van der Waals surface area (Å²) in [4.78, 5) is 26.6. The van der Waals surface area contributed by atoms with E-state index in [9.17, 15) is 18.0 Å². The van der Waals surface area contributed by atoms with E-state index in [0.29, 0.717) is 21.8 Å². The molecule has 0 bridgehead atoms. The monoisotopic (exact) mass is 565 g/mol. The molecular weight excluding hydrogens is 534 g/mol. The smallest absolute Gasteiger partial charge is 0.265 e. The summed E-state index contributed by atoms with van der Waals surface area (Å²) in [5.74, 6) is -0.426. The molecule has 1 heterocycles. The second-order valence-corrected chi connectivity index (χ2v) is 13.2. The predicted molar refractivity (Wildman–Crippen MR) is 159 cm³/mol. The quantitative estimate of drug-likeness (QED) is 0.240. The molecule has 204 valence electrons. The molecule has 0 aliphatic heterocycles. The highest BCUT2D eigenvalue weighted by Crippen LogP contribution is 2.40. The van der Waals surface area contributed by atoms with Gasteiger partial charge in [0.25, 0.3) is 11.8 Å². The van der Waals surface area contributed by atoms with Crippen molar-refractivity contribution in [3.63, 3.8) is 0 Å². The Balaban J connectivity index is 1.67. The van der Waals surface area contributed by atoms with E-state index in [1.807, 2.05) is 52.0 Å². The largest absolute Gasteiger partial charge is 0.492 e. The van der Waals surface area contributed by atoms with Crippen molar-refractivity contribution in [2.45, 2.75) is 33.1 Å². The summed E-state index contributed by atoms with van der Waals surface area (Å²) >= 11 is 1.29. The first-order valence-corrected chi connectivity index (χ1v) is 14.9. The van der Waals surface area contributed by atoms with E-state index in [-0.39, 0.29) is 28.7 Å². The van der Waals surface area contributed by atoms with Crippen molar-refractivity contribution >= 4 is 60.3 Å². The van der Waals surface area contributed by atoms with Gasteiger partial charge in [-0.15, -0.1) is 11.3 Å². The first-order chi connectivity index (χ1) is 18.2. The number of benzene rings is 3. The highest BCUT2D eigenvalue weighted by atomic mass is 32.2. The van der Waals surface area contributed by atoms with E-state index in [2.05, 4.69) is 15.4 Å². The molecule has 4 rings (SSSR count). The summed E-state index contributed by atoms with van der Waals surface area (Å²) in [7, 11) is -2.18. The van der Waals surface area contributed by atoms with Crippen LogP contribution in [0.5, 0.6) is 5.75 Å². The molecule has 8 nitrogen and oxygen atoms in total. The molecule has 3 N–H and O–H groups in total. The van der Waals surface area contributed by atoms with E-state index in [1.54, 1.807) is 36.4 Å². The van der Waals surface area contributed by atoms with Gasteiger partial charge in [0, 0.05) is 21.3 Å². The number of anilines is 3. The molecule has 0 unspecified atom stereocenters.